The summed E-state index contributed by atoms with van der Waals surface area (Å²) in [6.07, 6.45) is 2.10. The van der Waals surface area contributed by atoms with E-state index in [9.17, 15) is 9.59 Å². The van der Waals surface area contributed by atoms with Gasteiger partial charge in [-0.25, -0.2) is 0 Å². The highest BCUT2D eigenvalue weighted by molar-refractivity contribution is 5.88. The maximum atomic E-state index is 13.9. The normalized spacial score (nSPS) is 13.9. The monoisotopic (exact) mass is 514 g/mol. The molecular weight excluding hydrogens is 476 g/mol. The Morgan fingerprint density at radius 3 is 2.37 bits per heavy atom. The van der Waals surface area contributed by atoms with Crippen molar-refractivity contribution in [3.05, 3.63) is 95.1 Å². The van der Waals surface area contributed by atoms with Gasteiger partial charge in [0, 0.05) is 25.4 Å². The quantitative estimate of drug-likeness (QED) is 0.379. The van der Waals surface area contributed by atoms with Gasteiger partial charge >= 0.3 is 0 Å². The van der Waals surface area contributed by atoms with Crippen LogP contribution < -0.4 is 14.8 Å². The molecule has 1 heterocycles. The predicted octanol–water partition coefficient (Wildman–Crippen LogP) is 5.25. The lowest BCUT2D eigenvalue weighted by Crippen LogP contribution is -2.52. The number of aryl methyl sites for hydroxylation is 2. The molecule has 38 heavy (non-hydrogen) atoms. The zero-order valence-corrected chi connectivity index (χ0v) is 22.6. The predicted molar refractivity (Wildman–Crippen MR) is 149 cm³/mol. The van der Waals surface area contributed by atoms with Crippen LogP contribution in [0.15, 0.2) is 72.8 Å². The lowest BCUT2D eigenvalue weighted by atomic mass is 10.0. The van der Waals surface area contributed by atoms with Crippen molar-refractivity contribution in [2.45, 2.75) is 65.1 Å². The van der Waals surface area contributed by atoms with Crippen molar-refractivity contribution in [2.24, 2.45) is 0 Å². The van der Waals surface area contributed by atoms with Gasteiger partial charge in [0.2, 0.25) is 11.8 Å². The van der Waals surface area contributed by atoms with Gasteiger partial charge < -0.3 is 19.7 Å². The van der Waals surface area contributed by atoms with Crippen LogP contribution in [0, 0.1) is 6.92 Å². The van der Waals surface area contributed by atoms with Crippen molar-refractivity contribution in [3.8, 4) is 11.5 Å². The van der Waals surface area contributed by atoms with Gasteiger partial charge in [0.05, 0.1) is 0 Å². The second-order valence-corrected chi connectivity index (χ2v) is 10.0. The number of hydrogen-bond donors (Lipinski definition) is 1. The van der Waals surface area contributed by atoms with Gasteiger partial charge in [0.15, 0.2) is 11.5 Å². The van der Waals surface area contributed by atoms with Crippen molar-refractivity contribution in [2.75, 3.05) is 13.2 Å². The molecule has 0 unspecified atom stereocenters. The van der Waals surface area contributed by atoms with E-state index in [2.05, 4.69) is 11.4 Å². The van der Waals surface area contributed by atoms with E-state index in [-0.39, 0.29) is 24.3 Å². The molecule has 2 amide bonds. The molecule has 6 heteroatoms. The van der Waals surface area contributed by atoms with Crippen LogP contribution in [0.25, 0.3) is 0 Å². The Morgan fingerprint density at radius 1 is 0.895 bits per heavy atom. The van der Waals surface area contributed by atoms with Crippen LogP contribution in [0.2, 0.25) is 0 Å². The summed E-state index contributed by atoms with van der Waals surface area (Å²) in [6, 6.07) is 23.2. The second-order valence-electron chi connectivity index (χ2n) is 10.0. The lowest BCUT2D eigenvalue weighted by molar-refractivity contribution is -0.141. The molecule has 4 rings (SSSR count). The van der Waals surface area contributed by atoms with Gasteiger partial charge in [-0.15, -0.1) is 0 Å². The minimum absolute atomic E-state index is 0.0226. The molecule has 0 saturated carbocycles. The number of carbonyl (C=O) groups excluding carboxylic acids is 2. The van der Waals surface area contributed by atoms with E-state index in [0.29, 0.717) is 38.3 Å². The number of carbonyl (C=O) groups is 2. The van der Waals surface area contributed by atoms with Crippen LogP contribution in [-0.2, 0) is 29.0 Å². The first-order chi connectivity index (χ1) is 18.4. The molecule has 0 fully saturated rings. The SMILES string of the molecule is CC[C@H](C)NC(=O)[C@H](Cc1ccccc1)N(Cc1cccc(C)c1)C(=O)CCc1ccc2c(c1)OCCO2. The molecule has 1 N–H and O–H groups in total. The Morgan fingerprint density at radius 2 is 1.63 bits per heavy atom. The fourth-order valence-electron chi connectivity index (χ4n) is 4.64. The van der Waals surface area contributed by atoms with Crippen molar-refractivity contribution in [1.82, 2.24) is 10.2 Å². The molecule has 0 bridgehead atoms. The minimum atomic E-state index is -0.625. The van der Waals surface area contributed by atoms with Gasteiger partial charge in [-0.1, -0.05) is 73.2 Å². The number of nitrogens with one attached hydrogen (secondary N) is 1. The molecule has 0 spiro atoms. The minimum Gasteiger partial charge on any atom is -0.486 e. The molecule has 0 saturated heterocycles. The van der Waals surface area contributed by atoms with Crippen LogP contribution >= 0.6 is 0 Å². The van der Waals surface area contributed by atoms with Crippen LogP contribution in [0.1, 0.15) is 48.9 Å². The highest BCUT2D eigenvalue weighted by Gasteiger charge is 2.31. The van der Waals surface area contributed by atoms with E-state index in [0.717, 1.165) is 34.4 Å². The average Bonchev–Trinajstić information content (AvgIpc) is 2.94. The van der Waals surface area contributed by atoms with E-state index in [1.54, 1.807) is 4.90 Å². The van der Waals surface area contributed by atoms with E-state index < -0.39 is 6.04 Å². The third kappa shape index (κ3) is 7.37. The summed E-state index contributed by atoms with van der Waals surface area (Å²) in [5.41, 5.74) is 4.15. The Labute approximate surface area is 226 Å². The number of benzene rings is 3. The van der Waals surface area contributed by atoms with Crippen LogP contribution in [-0.4, -0.2) is 42.0 Å². The van der Waals surface area contributed by atoms with Crippen molar-refractivity contribution >= 4 is 11.8 Å². The standard InChI is InChI=1S/C32H38N2O4/c1-4-24(3)33-32(36)28(20-25-10-6-5-7-11-25)34(22-27-12-8-9-23(2)19-27)31(35)16-14-26-13-15-29-30(21-26)38-18-17-37-29/h5-13,15,19,21,24,28H,4,14,16-18,20,22H2,1-3H3,(H,33,36)/t24-,28-/m0/s1. The van der Waals surface area contributed by atoms with E-state index in [4.69, 9.17) is 9.47 Å². The summed E-state index contributed by atoms with van der Waals surface area (Å²) in [5, 5.41) is 3.13. The van der Waals surface area contributed by atoms with Gasteiger partial charge in [0.25, 0.3) is 0 Å². The zero-order valence-electron chi connectivity index (χ0n) is 22.6. The molecule has 3 aromatic rings. The second kappa shape index (κ2) is 13.1. The first-order valence-electron chi connectivity index (χ1n) is 13.5. The van der Waals surface area contributed by atoms with Crippen molar-refractivity contribution < 1.29 is 19.1 Å². The first kappa shape index (κ1) is 27.2. The highest BCUT2D eigenvalue weighted by atomic mass is 16.6. The molecule has 1 aliphatic rings. The van der Waals surface area contributed by atoms with Gasteiger partial charge in [-0.3, -0.25) is 9.59 Å². The molecule has 0 aromatic heterocycles. The summed E-state index contributed by atoms with van der Waals surface area (Å²) < 4.78 is 11.3. The summed E-state index contributed by atoms with van der Waals surface area (Å²) in [5.74, 6) is 1.27. The Hall–Kier alpha value is -3.80. The summed E-state index contributed by atoms with van der Waals surface area (Å²) in [4.78, 5) is 29.3. The molecule has 1 aliphatic heterocycles. The highest BCUT2D eigenvalue weighted by Crippen LogP contribution is 2.31. The molecule has 200 valence electrons. The molecular formula is C32H38N2O4. The summed E-state index contributed by atoms with van der Waals surface area (Å²) >= 11 is 0. The largest absolute Gasteiger partial charge is 0.486 e. The topological polar surface area (TPSA) is 67.9 Å². The van der Waals surface area contributed by atoms with Gasteiger partial charge in [-0.05, 0) is 55.5 Å². The Kier molecular flexibility index (Phi) is 9.41. The zero-order chi connectivity index (χ0) is 26.9. The molecule has 2 atom stereocenters. The third-order valence-electron chi connectivity index (χ3n) is 6.94. The number of fused-ring (bicyclic) bond motifs is 1. The molecule has 6 nitrogen and oxygen atoms in total. The lowest BCUT2D eigenvalue weighted by Gasteiger charge is -2.32. The molecule has 0 radical (unpaired) electrons. The summed E-state index contributed by atoms with van der Waals surface area (Å²) in [6.45, 7) is 7.50. The van der Waals surface area contributed by atoms with E-state index >= 15 is 0 Å². The fraction of sp³-hybridized carbons (Fsp3) is 0.375. The molecule has 0 aliphatic carbocycles. The number of ether oxygens (including phenoxy) is 2. The summed E-state index contributed by atoms with van der Waals surface area (Å²) in [7, 11) is 0. The van der Waals surface area contributed by atoms with Crippen molar-refractivity contribution in [3.63, 3.8) is 0 Å². The third-order valence-corrected chi connectivity index (χ3v) is 6.94. The fourth-order valence-corrected chi connectivity index (χ4v) is 4.64. The van der Waals surface area contributed by atoms with Gasteiger partial charge in [0.1, 0.15) is 19.3 Å². The Bertz CT molecular complexity index is 1230. The number of rotatable bonds is 11. The first-order valence-corrected chi connectivity index (χ1v) is 13.5. The van der Waals surface area contributed by atoms with E-state index in [1.165, 1.54) is 0 Å². The van der Waals surface area contributed by atoms with Crippen LogP contribution in [0.3, 0.4) is 0 Å². The average molecular weight is 515 g/mol. The molecule has 3 aromatic carbocycles. The van der Waals surface area contributed by atoms with Crippen molar-refractivity contribution in [1.29, 1.82) is 0 Å². The maximum Gasteiger partial charge on any atom is 0.243 e. The van der Waals surface area contributed by atoms with Crippen LogP contribution in [0.5, 0.6) is 11.5 Å². The van der Waals surface area contributed by atoms with Crippen LogP contribution in [0.4, 0.5) is 0 Å². The maximum absolute atomic E-state index is 13.9. The Balaban J connectivity index is 1.60. The number of hydrogen-bond acceptors (Lipinski definition) is 4. The smallest absolute Gasteiger partial charge is 0.243 e. The number of amides is 2. The number of nitrogens with zero attached hydrogens (tertiary/aromatic N) is 1. The van der Waals surface area contributed by atoms with E-state index in [1.807, 2.05) is 87.5 Å². The van der Waals surface area contributed by atoms with Gasteiger partial charge in [-0.2, -0.15) is 0 Å².